The average Bonchev–Trinajstić information content (AvgIpc) is 3.29. The van der Waals surface area contributed by atoms with Crippen LogP contribution in [0.25, 0.3) is 28.0 Å². The van der Waals surface area contributed by atoms with E-state index in [2.05, 4.69) is 15.4 Å². The van der Waals surface area contributed by atoms with Crippen LogP contribution in [0, 0.1) is 34.0 Å². The topological polar surface area (TPSA) is 144 Å². The summed E-state index contributed by atoms with van der Waals surface area (Å²) in [6, 6.07) is 20.9. The lowest BCUT2D eigenvalue weighted by Crippen LogP contribution is -2.10. The monoisotopic (exact) mass is 405 g/mol. The van der Waals surface area contributed by atoms with Gasteiger partial charge in [0.1, 0.15) is 35.8 Å². The molecule has 0 spiro atoms. The smallest absolute Gasteiger partial charge is 0.362 e. The van der Waals surface area contributed by atoms with Gasteiger partial charge in [-0.25, -0.2) is 14.5 Å². The fourth-order valence-electron chi connectivity index (χ4n) is 2.86. The fraction of sp³-hybridized carbons (Fsp3) is 0. The molecule has 0 aliphatic heterocycles. The van der Waals surface area contributed by atoms with Crippen LogP contribution in [0.15, 0.2) is 81.4 Å². The first kappa shape index (κ1) is 19.1. The summed E-state index contributed by atoms with van der Waals surface area (Å²) in [5, 5.41) is 34.7. The van der Waals surface area contributed by atoms with E-state index in [0.717, 1.165) is 5.56 Å². The Balaban J connectivity index is 1.71. The molecule has 0 unspecified atom stereocenters. The van der Waals surface area contributed by atoms with Crippen LogP contribution < -0.4 is 10.9 Å². The molecule has 9 heteroatoms. The molecule has 9 nitrogen and oxygen atoms in total. The number of hydrogen-bond acceptors (Lipinski definition) is 8. The second-order valence-corrected chi connectivity index (χ2v) is 6.26. The molecule has 2 heterocycles. The Hall–Kier alpha value is -5.20. The highest BCUT2D eigenvalue weighted by Crippen LogP contribution is 2.22. The maximum atomic E-state index is 12.5. The Labute approximate surface area is 175 Å². The maximum absolute atomic E-state index is 12.5. The van der Waals surface area contributed by atoms with Gasteiger partial charge < -0.3 is 9.73 Å². The number of nitrogens with zero attached hydrogens (tertiary/aromatic N) is 6. The van der Waals surface area contributed by atoms with Crippen molar-refractivity contribution in [2.75, 3.05) is 5.32 Å². The Morgan fingerprint density at radius 2 is 1.77 bits per heavy atom. The van der Waals surface area contributed by atoms with Crippen molar-refractivity contribution >= 4 is 16.7 Å². The van der Waals surface area contributed by atoms with Crippen LogP contribution in [-0.2, 0) is 0 Å². The van der Waals surface area contributed by atoms with Gasteiger partial charge in [-0.05, 0) is 18.2 Å². The zero-order valence-electron chi connectivity index (χ0n) is 15.8. The van der Waals surface area contributed by atoms with E-state index in [1.54, 1.807) is 36.4 Å². The minimum absolute atomic E-state index is 0.191. The van der Waals surface area contributed by atoms with Crippen LogP contribution in [0.2, 0.25) is 0 Å². The number of hydrogen-bond donors (Lipinski definition) is 1. The molecule has 2 aromatic heterocycles. The number of nitrogens with one attached hydrogen (secondary N) is 1. The zero-order valence-corrected chi connectivity index (χ0v) is 15.8. The largest absolute Gasteiger partial charge is 0.421 e. The first-order valence-corrected chi connectivity index (χ1v) is 8.90. The van der Waals surface area contributed by atoms with Gasteiger partial charge in [0.15, 0.2) is 17.1 Å². The molecule has 0 amide bonds. The summed E-state index contributed by atoms with van der Waals surface area (Å²) >= 11 is 0. The van der Waals surface area contributed by atoms with E-state index >= 15 is 0 Å². The Morgan fingerprint density at radius 1 is 1.00 bits per heavy atom. The molecule has 146 valence electrons. The molecular weight excluding hydrogens is 394 g/mol. The van der Waals surface area contributed by atoms with Crippen molar-refractivity contribution < 1.29 is 4.42 Å². The zero-order chi connectivity index (χ0) is 21.8. The predicted octanol–water partition coefficient (Wildman–Crippen LogP) is 3.28. The highest BCUT2D eigenvalue weighted by atomic mass is 16.4. The SMILES string of the molecule is N#CC(C#N)=C(C#N)Nc1ccc2cc(-n3cnc(-c4ccccc4)n3)c(=O)oc2c1. The standard InChI is InChI=1S/C22H11N7O2/c23-10-16(11-24)18(12-25)27-17-7-6-15-8-19(22(30)31-20(15)9-17)29-13-26-21(28-29)14-4-2-1-3-5-14/h1-9,13,27H. The minimum atomic E-state index is -0.625. The van der Waals surface area contributed by atoms with E-state index in [4.69, 9.17) is 20.2 Å². The van der Waals surface area contributed by atoms with Crippen LogP contribution >= 0.6 is 0 Å². The van der Waals surface area contributed by atoms with Crippen LogP contribution in [0.4, 0.5) is 5.69 Å². The van der Waals surface area contributed by atoms with Gasteiger partial charge >= 0.3 is 5.63 Å². The lowest BCUT2D eigenvalue weighted by atomic mass is 10.2. The number of aromatic nitrogens is 3. The summed E-state index contributed by atoms with van der Waals surface area (Å²) in [5.74, 6) is 0.473. The van der Waals surface area contributed by atoms with E-state index < -0.39 is 5.63 Å². The molecule has 4 aromatic rings. The lowest BCUT2D eigenvalue weighted by molar-refractivity contribution is 0.552. The van der Waals surface area contributed by atoms with Crippen molar-refractivity contribution in [1.29, 1.82) is 15.8 Å². The number of nitriles is 3. The van der Waals surface area contributed by atoms with E-state index in [9.17, 15) is 4.79 Å². The number of fused-ring (bicyclic) bond motifs is 1. The Kier molecular flexibility index (Phi) is 4.96. The van der Waals surface area contributed by atoms with Crippen molar-refractivity contribution in [2.24, 2.45) is 0 Å². The molecule has 0 aliphatic carbocycles. The summed E-state index contributed by atoms with van der Waals surface area (Å²) < 4.78 is 6.77. The minimum Gasteiger partial charge on any atom is -0.421 e. The summed E-state index contributed by atoms with van der Waals surface area (Å²) in [4.78, 5) is 16.8. The maximum Gasteiger partial charge on any atom is 0.362 e. The van der Waals surface area contributed by atoms with Gasteiger partial charge in [-0.15, -0.1) is 5.10 Å². The second-order valence-electron chi connectivity index (χ2n) is 6.26. The third-order valence-electron chi connectivity index (χ3n) is 4.34. The highest BCUT2D eigenvalue weighted by Gasteiger charge is 2.12. The van der Waals surface area contributed by atoms with Crippen LogP contribution in [-0.4, -0.2) is 14.8 Å². The Morgan fingerprint density at radius 3 is 2.48 bits per heavy atom. The molecule has 0 fully saturated rings. The number of anilines is 1. The molecule has 0 bridgehead atoms. The first-order chi connectivity index (χ1) is 15.1. The molecule has 0 atom stereocenters. The van der Waals surface area contributed by atoms with E-state index in [1.165, 1.54) is 17.1 Å². The quantitative estimate of drug-likeness (QED) is 0.402. The molecule has 0 saturated heterocycles. The van der Waals surface area contributed by atoms with Gasteiger partial charge in [-0.2, -0.15) is 15.8 Å². The van der Waals surface area contributed by atoms with Crippen molar-refractivity contribution in [3.63, 3.8) is 0 Å². The van der Waals surface area contributed by atoms with Gasteiger partial charge in [-0.1, -0.05) is 30.3 Å². The van der Waals surface area contributed by atoms with Crippen molar-refractivity contribution in [3.05, 3.63) is 82.6 Å². The van der Waals surface area contributed by atoms with Gasteiger partial charge in [0.25, 0.3) is 0 Å². The van der Waals surface area contributed by atoms with Crippen LogP contribution in [0.3, 0.4) is 0 Å². The Bertz CT molecular complexity index is 1490. The normalized spacial score (nSPS) is 9.97. The third kappa shape index (κ3) is 3.73. The average molecular weight is 405 g/mol. The fourth-order valence-corrected chi connectivity index (χ4v) is 2.86. The van der Waals surface area contributed by atoms with Crippen molar-refractivity contribution in [2.45, 2.75) is 0 Å². The van der Waals surface area contributed by atoms with Gasteiger partial charge in [0.05, 0.1) is 0 Å². The second kappa shape index (κ2) is 8.04. The molecule has 0 saturated carbocycles. The molecule has 1 N–H and O–H groups in total. The molecule has 2 aromatic carbocycles. The molecule has 0 radical (unpaired) electrons. The van der Waals surface area contributed by atoms with Gasteiger partial charge in [-0.3, -0.25) is 0 Å². The number of benzene rings is 2. The summed E-state index contributed by atoms with van der Waals surface area (Å²) in [6.45, 7) is 0. The van der Waals surface area contributed by atoms with Crippen LogP contribution in [0.1, 0.15) is 0 Å². The van der Waals surface area contributed by atoms with Crippen molar-refractivity contribution in [3.8, 4) is 35.3 Å². The number of rotatable bonds is 4. The third-order valence-corrected chi connectivity index (χ3v) is 4.34. The van der Waals surface area contributed by atoms with Crippen molar-refractivity contribution in [1.82, 2.24) is 14.8 Å². The summed E-state index contributed by atoms with van der Waals surface area (Å²) in [5.41, 5.74) is 0.485. The lowest BCUT2D eigenvalue weighted by Gasteiger charge is -2.06. The predicted molar refractivity (Wildman–Crippen MR) is 110 cm³/mol. The molecule has 0 aliphatic rings. The van der Waals surface area contributed by atoms with E-state index in [1.807, 2.05) is 30.3 Å². The summed E-state index contributed by atoms with van der Waals surface area (Å²) in [7, 11) is 0. The highest BCUT2D eigenvalue weighted by molar-refractivity contribution is 5.82. The number of allylic oxidation sites excluding steroid dienone is 2. The van der Waals surface area contributed by atoms with E-state index in [0.29, 0.717) is 16.9 Å². The molecular formula is C22H11N7O2. The summed E-state index contributed by atoms with van der Waals surface area (Å²) in [6.07, 6.45) is 1.44. The molecule has 4 rings (SSSR count). The van der Waals surface area contributed by atoms with Gasteiger partial charge in [0.2, 0.25) is 0 Å². The van der Waals surface area contributed by atoms with Gasteiger partial charge in [0, 0.05) is 22.7 Å². The van der Waals surface area contributed by atoms with Crippen LogP contribution in [0.5, 0.6) is 0 Å². The molecule has 31 heavy (non-hydrogen) atoms. The van der Waals surface area contributed by atoms with E-state index in [-0.39, 0.29) is 22.5 Å². The first-order valence-electron chi connectivity index (χ1n) is 8.90.